The molecule has 1 unspecified atom stereocenters. The van der Waals surface area contributed by atoms with E-state index in [2.05, 4.69) is 12.2 Å². The Morgan fingerprint density at radius 2 is 2.11 bits per heavy atom. The average Bonchev–Trinajstić information content (AvgIpc) is 2.32. The highest BCUT2D eigenvalue weighted by Crippen LogP contribution is 2.31. The lowest BCUT2D eigenvalue weighted by molar-refractivity contribution is 0.161. The Hall–Kier alpha value is -0.480. The molecule has 0 radical (unpaired) electrons. The maximum Gasteiger partial charge on any atom is 0.138 e. The highest BCUT2D eigenvalue weighted by Gasteiger charge is 2.11. The molecule has 0 aliphatic heterocycles. The van der Waals surface area contributed by atoms with Crippen LogP contribution in [0, 0.1) is 0 Å². The molecule has 0 spiro atoms. The summed E-state index contributed by atoms with van der Waals surface area (Å²) in [4.78, 5) is 0. The molecule has 0 heterocycles. The summed E-state index contributed by atoms with van der Waals surface area (Å²) in [6.07, 6.45) is 2.09. The van der Waals surface area contributed by atoms with Crippen LogP contribution in [0.3, 0.4) is 0 Å². The fraction of sp³-hybridized carbons (Fsp3) is 0.538. The monoisotopic (exact) mass is 291 g/mol. The van der Waals surface area contributed by atoms with Crippen molar-refractivity contribution in [2.75, 3.05) is 13.7 Å². The molecule has 5 heteroatoms. The van der Waals surface area contributed by atoms with Crippen LogP contribution in [0.5, 0.6) is 5.75 Å². The number of benzene rings is 1. The van der Waals surface area contributed by atoms with E-state index in [0.29, 0.717) is 23.7 Å². The van der Waals surface area contributed by atoms with Gasteiger partial charge in [0.25, 0.3) is 0 Å². The van der Waals surface area contributed by atoms with Gasteiger partial charge in [-0.15, -0.1) is 0 Å². The number of methoxy groups -OCH3 is 1. The molecule has 1 atom stereocenters. The van der Waals surface area contributed by atoms with E-state index in [9.17, 15) is 5.11 Å². The van der Waals surface area contributed by atoms with Gasteiger partial charge in [-0.1, -0.05) is 36.5 Å². The summed E-state index contributed by atoms with van der Waals surface area (Å²) in [5.41, 5.74) is 0.699. The molecule has 0 saturated heterocycles. The second kappa shape index (κ2) is 7.85. The Morgan fingerprint density at radius 3 is 2.72 bits per heavy atom. The van der Waals surface area contributed by atoms with Gasteiger partial charge in [0.15, 0.2) is 0 Å². The minimum atomic E-state index is 0.0845. The van der Waals surface area contributed by atoms with Crippen LogP contribution in [-0.2, 0) is 11.3 Å². The van der Waals surface area contributed by atoms with Crippen molar-refractivity contribution in [3.8, 4) is 5.75 Å². The van der Waals surface area contributed by atoms with E-state index in [1.54, 1.807) is 13.2 Å². The maximum atomic E-state index is 9.83. The number of phenols is 1. The Balaban J connectivity index is 2.66. The number of phenolic OH excluding ortho intramolecular Hbond substituents is 1. The number of ether oxygens (including phenoxy) is 1. The van der Waals surface area contributed by atoms with Crippen LogP contribution in [0.4, 0.5) is 0 Å². The van der Waals surface area contributed by atoms with Gasteiger partial charge < -0.3 is 15.2 Å². The standard InChI is InChI=1S/C13H19Cl2NO2/c1-3-4-11(8-18-2)16-7-9-5-10(14)6-12(15)13(9)17/h5-6,11,16-17H,3-4,7-8H2,1-2H3. The normalized spacial score (nSPS) is 12.7. The predicted octanol–water partition coefficient (Wildman–Crippen LogP) is 3.60. The van der Waals surface area contributed by atoms with Gasteiger partial charge in [0.2, 0.25) is 0 Å². The zero-order chi connectivity index (χ0) is 13.5. The van der Waals surface area contributed by atoms with Gasteiger partial charge in [0.1, 0.15) is 5.75 Å². The van der Waals surface area contributed by atoms with E-state index >= 15 is 0 Å². The van der Waals surface area contributed by atoms with E-state index in [0.717, 1.165) is 12.8 Å². The van der Waals surface area contributed by atoms with Gasteiger partial charge >= 0.3 is 0 Å². The Morgan fingerprint density at radius 1 is 1.39 bits per heavy atom. The zero-order valence-corrected chi connectivity index (χ0v) is 12.2. The number of aromatic hydroxyl groups is 1. The summed E-state index contributed by atoms with van der Waals surface area (Å²) in [6, 6.07) is 3.50. The van der Waals surface area contributed by atoms with Crippen LogP contribution in [0.2, 0.25) is 10.0 Å². The summed E-state index contributed by atoms with van der Waals surface area (Å²) in [5, 5.41) is 14.0. The summed E-state index contributed by atoms with van der Waals surface area (Å²) in [5.74, 6) is 0.0845. The van der Waals surface area contributed by atoms with Crippen molar-refractivity contribution in [2.45, 2.75) is 32.4 Å². The third kappa shape index (κ3) is 4.65. The first-order chi connectivity index (χ1) is 8.58. The first-order valence-corrected chi connectivity index (χ1v) is 6.73. The SMILES string of the molecule is CCCC(COC)NCc1cc(Cl)cc(Cl)c1O. The quantitative estimate of drug-likeness (QED) is 0.806. The molecule has 18 heavy (non-hydrogen) atoms. The summed E-state index contributed by atoms with van der Waals surface area (Å²) in [6.45, 7) is 3.28. The maximum absolute atomic E-state index is 9.83. The number of hydrogen-bond donors (Lipinski definition) is 2. The van der Waals surface area contributed by atoms with E-state index in [1.807, 2.05) is 0 Å². The lowest BCUT2D eigenvalue weighted by atomic mass is 10.1. The molecule has 0 bridgehead atoms. The van der Waals surface area contributed by atoms with Crippen molar-refractivity contribution in [3.05, 3.63) is 27.7 Å². The van der Waals surface area contributed by atoms with Gasteiger partial charge in [0, 0.05) is 30.3 Å². The Kier molecular flexibility index (Phi) is 6.79. The second-order valence-electron chi connectivity index (χ2n) is 4.22. The van der Waals surface area contributed by atoms with Crippen molar-refractivity contribution in [2.24, 2.45) is 0 Å². The van der Waals surface area contributed by atoms with Crippen LogP contribution < -0.4 is 5.32 Å². The highest BCUT2D eigenvalue weighted by atomic mass is 35.5. The van der Waals surface area contributed by atoms with Crippen LogP contribution in [0.25, 0.3) is 0 Å². The van der Waals surface area contributed by atoms with Gasteiger partial charge in [-0.25, -0.2) is 0 Å². The van der Waals surface area contributed by atoms with Crippen LogP contribution in [0.15, 0.2) is 12.1 Å². The molecule has 1 rings (SSSR count). The Labute approximate surface area is 118 Å². The van der Waals surface area contributed by atoms with Crippen molar-refractivity contribution < 1.29 is 9.84 Å². The smallest absolute Gasteiger partial charge is 0.138 e. The lowest BCUT2D eigenvalue weighted by Gasteiger charge is -2.18. The molecule has 0 aromatic heterocycles. The molecule has 1 aromatic rings. The van der Waals surface area contributed by atoms with Crippen LogP contribution in [-0.4, -0.2) is 24.9 Å². The molecule has 0 aliphatic rings. The van der Waals surface area contributed by atoms with E-state index in [4.69, 9.17) is 27.9 Å². The van der Waals surface area contributed by atoms with E-state index in [1.165, 1.54) is 6.07 Å². The minimum Gasteiger partial charge on any atom is -0.506 e. The fourth-order valence-electron chi connectivity index (χ4n) is 1.80. The molecule has 0 aliphatic carbocycles. The largest absolute Gasteiger partial charge is 0.506 e. The molecular formula is C13H19Cl2NO2. The fourth-order valence-corrected chi connectivity index (χ4v) is 2.34. The molecule has 0 fully saturated rings. The van der Waals surface area contributed by atoms with Crippen molar-refractivity contribution >= 4 is 23.2 Å². The number of halogens is 2. The summed E-state index contributed by atoms with van der Waals surface area (Å²) in [7, 11) is 1.68. The van der Waals surface area contributed by atoms with E-state index < -0.39 is 0 Å². The average molecular weight is 292 g/mol. The van der Waals surface area contributed by atoms with E-state index in [-0.39, 0.29) is 16.8 Å². The molecule has 2 N–H and O–H groups in total. The van der Waals surface area contributed by atoms with Gasteiger partial charge in [-0.05, 0) is 18.6 Å². The van der Waals surface area contributed by atoms with Crippen LogP contribution in [0.1, 0.15) is 25.3 Å². The second-order valence-corrected chi connectivity index (χ2v) is 5.06. The summed E-state index contributed by atoms with van der Waals surface area (Å²) >= 11 is 11.8. The number of hydrogen-bond acceptors (Lipinski definition) is 3. The zero-order valence-electron chi connectivity index (χ0n) is 10.7. The molecule has 0 saturated carbocycles. The topological polar surface area (TPSA) is 41.5 Å². The molecule has 0 amide bonds. The third-order valence-electron chi connectivity index (χ3n) is 2.69. The third-order valence-corrected chi connectivity index (χ3v) is 3.20. The predicted molar refractivity (Wildman–Crippen MR) is 75.5 cm³/mol. The van der Waals surface area contributed by atoms with Gasteiger partial charge in [-0.3, -0.25) is 0 Å². The number of rotatable bonds is 7. The molecular weight excluding hydrogens is 273 g/mol. The first kappa shape index (κ1) is 15.6. The molecule has 3 nitrogen and oxygen atoms in total. The Bertz CT molecular complexity index is 379. The van der Waals surface area contributed by atoms with Crippen molar-refractivity contribution in [1.82, 2.24) is 5.32 Å². The molecule has 1 aromatic carbocycles. The first-order valence-electron chi connectivity index (χ1n) is 5.97. The summed E-state index contributed by atoms with van der Waals surface area (Å²) < 4.78 is 5.15. The van der Waals surface area contributed by atoms with Crippen molar-refractivity contribution in [3.63, 3.8) is 0 Å². The number of nitrogens with one attached hydrogen (secondary N) is 1. The minimum absolute atomic E-state index is 0.0845. The van der Waals surface area contributed by atoms with Crippen LogP contribution >= 0.6 is 23.2 Å². The highest BCUT2D eigenvalue weighted by molar-refractivity contribution is 6.35. The molecule has 102 valence electrons. The van der Waals surface area contributed by atoms with Crippen molar-refractivity contribution in [1.29, 1.82) is 0 Å². The van der Waals surface area contributed by atoms with Gasteiger partial charge in [-0.2, -0.15) is 0 Å². The van der Waals surface area contributed by atoms with Gasteiger partial charge in [0.05, 0.1) is 11.6 Å². The lowest BCUT2D eigenvalue weighted by Crippen LogP contribution is -2.32.